The van der Waals surface area contributed by atoms with Crippen LogP contribution in [-0.2, 0) is 16.0 Å². The summed E-state index contributed by atoms with van der Waals surface area (Å²) in [6, 6.07) is 0. The predicted octanol–water partition coefficient (Wildman–Crippen LogP) is 0.262. The van der Waals surface area contributed by atoms with Gasteiger partial charge in [0.2, 0.25) is 0 Å². The van der Waals surface area contributed by atoms with Gasteiger partial charge in [-0.05, 0) is 0 Å². The van der Waals surface area contributed by atoms with Crippen LogP contribution in [0.4, 0.5) is 0 Å². The van der Waals surface area contributed by atoms with Gasteiger partial charge in [-0.15, -0.1) is 0 Å². The molecule has 1 nitrogen and oxygen atoms in total. The summed E-state index contributed by atoms with van der Waals surface area (Å²) < 4.78 is 0. The number of rotatable bonds is 1. The molecule has 0 aromatic heterocycles. The molecule has 0 radical (unpaired) electrons. The molecule has 0 spiro atoms. The number of hydrogen-bond donors (Lipinski definition) is 1. The van der Waals surface area contributed by atoms with Crippen molar-refractivity contribution in [1.29, 1.82) is 0 Å². The monoisotopic (exact) mass is 122 g/mol. The molecule has 2 heteroatoms. The minimum absolute atomic E-state index is 0.553. The van der Waals surface area contributed by atoms with Crippen LogP contribution in [0.5, 0.6) is 0 Å². The van der Waals surface area contributed by atoms with Gasteiger partial charge in [0.05, 0.1) is 0 Å². The van der Waals surface area contributed by atoms with Gasteiger partial charge < -0.3 is 0 Å². The molecule has 0 saturated carbocycles. The molecule has 1 unspecified atom stereocenters. The Kier molecular flexibility index (Phi) is 2.96. The van der Waals surface area contributed by atoms with Gasteiger partial charge in [-0.2, -0.15) is 0 Å². The van der Waals surface area contributed by atoms with Crippen molar-refractivity contribution in [2.45, 2.75) is 18.3 Å². The fraction of sp³-hybridized carbons (Fsp3) is 1.00. The van der Waals surface area contributed by atoms with Gasteiger partial charge in [-0.3, -0.25) is 0 Å². The first-order valence-electron chi connectivity index (χ1n) is 1.55. The van der Waals surface area contributed by atoms with E-state index in [-0.39, 0.29) is 0 Å². The zero-order chi connectivity index (χ0) is 4.28. The summed E-state index contributed by atoms with van der Waals surface area (Å²) in [5, 5.41) is 7.61. The molecule has 5 heavy (non-hydrogen) atoms. The molecule has 36 valence electrons. The third-order valence-corrected chi connectivity index (χ3v) is 0.690. The van der Waals surface area contributed by atoms with Crippen molar-refractivity contribution in [3.05, 3.63) is 0 Å². The van der Waals surface area contributed by atoms with E-state index in [4.69, 9.17) is 5.11 Å². The molecule has 0 aliphatic carbocycles. The molecule has 0 heterocycles. The van der Waals surface area contributed by atoms with Crippen molar-refractivity contribution in [3.63, 3.8) is 0 Å². The van der Waals surface area contributed by atoms with Gasteiger partial charge in [0.1, 0.15) is 0 Å². The number of aliphatic hydroxyl groups excluding tert-OH is 1. The molecule has 0 amide bonds. The Labute approximate surface area is 40.2 Å². The van der Waals surface area contributed by atoms with E-state index in [2.05, 4.69) is 16.0 Å². The molecule has 0 saturated heterocycles. The van der Waals surface area contributed by atoms with E-state index in [1.54, 1.807) is 0 Å². The normalized spacial score (nSPS) is 15.2. The van der Waals surface area contributed by atoms with Gasteiger partial charge in [-0.1, -0.05) is 0 Å². The summed E-state index contributed by atoms with van der Waals surface area (Å²) in [5.41, 5.74) is 0. The van der Waals surface area contributed by atoms with E-state index in [9.17, 15) is 0 Å². The molecule has 0 aromatic carbocycles. The topological polar surface area (TPSA) is 20.2 Å². The van der Waals surface area contributed by atoms with Gasteiger partial charge in [0, 0.05) is 0 Å². The SMILES string of the molecule is CC[CH](O)[Cu]. The van der Waals surface area contributed by atoms with E-state index in [0.29, 0.717) is 6.42 Å². The summed E-state index contributed by atoms with van der Waals surface area (Å²) in [6.45, 7) is 1.84. The van der Waals surface area contributed by atoms with Crippen LogP contribution < -0.4 is 0 Å². The molecule has 0 bridgehead atoms. The third kappa shape index (κ3) is 4.48. The quantitative estimate of drug-likeness (QED) is 0.495. The molecule has 0 aromatic rings. The van der Waals surface area contributed by atoms with Crippen molar-refractivity contribution in [2.75, 3.05) is 0 Å². The second-order valence-corrected chi connectivity index (χ2v) is 1.42. The van der Waals surface area contributed by atoms with Gasteiger partial charge in [0.15, 0.2) is 0 Å². The van der Waals surface area contributed by atoms with E-state index in [0.717, 1.165) is 0 Å². The summed E-state index contributed by atoms with van der Waals surface area (Å²) in [5.74, 6) is 0. The van der Waals surface area contributed by atoms with Crippen LogP contribution in [0, 0.1) is 0 Å². The van der Waals surface area contributed by atoms with Crippen molar-refractivity contribution < 1.29 is 21.1 Å². The fourth-order valence-corrected chi connectivity index (χ4v) is 0. The van der Waals surface area contributed by atoms with E-state index in [1.165, 1.54) is 0 Å². The van der Waals surface area contributed by atoms with Crippen LogP contribution >= 0.6 is 0 Å². The van der Waals surface area contributed by atoms with Crippen LogP contribution in [0.1, 0.15) is 13.3 Å². The van der Waals surface area contributed by atoms with E-state index < -0.39 is 5.00 Å². The van der Waals surface area contributed by atoms with Gasteiger partial charge in [0.25, 0.3) is 0 Å². The van der Waals surface area contributed by atoms with E-state index in [1.807, 2.05) is 6.92 Å². The first kappa shape index (κ1) is 5.48. The minimum atomic E-state index is -0.553. The Hall–Kier alpha value is 0.479. The molecule has 1 atom stereocenters. The van der Waals surface area contributed by atoms with Crippen molar-refractivity contribution in [1.82, 2.24) is 0 Å². The van der Waals surface area contributed by atoms with Crippen molar-refractivity contribution in [3.8, 4) is 0 Å². The Morgan fingerprint density at radius 2 is 2.20 bits per heavy atom. The van der Waals surface area contributed by atoms with Crippen LogP contribution in [0.15, 0.2) is 0 Å². The summed E-state index contributed by atoms with van der Waals surface area (Å²) in [7, 11) is 0. The fourth-order valence-electron chi connectivity index (χ4n) is 0. The molecule has 0 rings (SSSR count). The Morgan fingerprint density at radius 3 is 2.20 bits per heavy atom. The molecule has 0 fully saturated rings. The second kappa shape index (κ2) is 2.70. The van der Waals surface area contributed by atoms with Crippen molar-refractivity contribution in [2.24, 2.45) is 0 Å². The zero-order valence-corrected chi connectivity index (χ0v) is 3.97. The Balaban J connectivity index is 2.54. The number of aliphatic hydroxyl groups is 1. The molecule has 0 aliphatic rings. The molecular formula is C3H7CuO. The van der Waals surface area contributed by atoms with Gasteiger partial charge >= 0.3 is 39.5 Å². The van der Waals surface area contributed by atoms with Crippen molar-refractivity contribution >= 4 is 0 Å². The van der Waals surface area contributed by atoms with E-state index >= 15 is 0 Å². The maximum atomic E-state index is 8.17. The first-order chi connectivity index (χ1) is 2.27. The van der Waals surface area contributed by atoms with Crippen LogP contribution in [0.3, 0.4) is 0 Å². The number of hydrogen-bond acceptors (Lipinski definition) is 1. The predicted molar refractivity (Wildman–Crippen MR) is 16.3 cm³/mol. The average Bonchev–Trinajstić information content (AvgIpc) is 1.38. The third-order valence-electron chi connectivity index (χ3n) is 0.306. The molecular weight excluding hydrogens is 116 g/mol. The standard InChI is InChI=1S/C3H7O.Cu/c1-2-3-4;/h3-4H,2H2,1H3;. The van der Waals surface area contributed by atoms with Crippen LogP contribution in [-0.4, -0.2) is 10.1 Å². The molecule has 1 N–H and O–H groups in total. The van der Waals surface area contributed by atoms with Gasteiger partial charge in [-0.25, -0.2) is 0 Å². The Morgan fingerprint density at radius 1 is 2.00 bits per heavy atom. The first-order valence-corrected chi connectivity index (χ1v) is 2.09. The van der Waals surface area contributed by atoms with Crippen LogP contribution in [0.25, 0.3) is 0 Å². The molecule has 0 aliphatic heterocycles. The Bertz CT molecular complexity index is 20.9. The summed E-state index contributed by atoms with van der Waals surface area (Å²) in [6.07, 6.45) is 0.667. The zero-order valence-electron chi connectivity index (χ0n) is 3.03. The summed E-state index contributed by atoms with van der Waals surface area (Å²) in [4.78, 5) is 0. The summed E-state index contributed by atoms with van der Waals surface area (Å²) >= 11 is 4.46. The average molecular weight is 123 g/mol. The maximum absolute atomic E-state index is 8.17. The van der Waals surface area contributed by atoms with Crippen LogP contribution in [0.2, 0.25) is 0 Å². The second-order valence-electron chi connectivity index (χ2n) is 0.792.